The largest absolute Gasteiger partial charge is 0.403 e. The molecule has 3 aromatic rings. The summed E-state index contributed by atoms with van der Waals surface area (Å²) in [7, 11) is 0. The molecule has 1 aromatic carbocycles. The van der Waals surface area contributed by atoms with E-state index in [-0.39, 0.29) is 5.63 Å². The average molecular weight is 225 g/mol. The van der Waals surface area contributed by atoms with Crippen molar-refractivity contribution in [3.05, 3.63) is 52.0 Å². The number of aromatic nitrogens is 1. The van der Waals surface area contributed by atoms with Gasteiger partial charge in [0.05, 0.1) is 5.39 Å². The predicted octanol–water partition coefficient (Wildman–Crippen LogP) is 2.96. The second-order valence-electron chi connectivity index (χ2n) is 4.19. The van der Waals surface area contributed by atoms with Crippen molar-refractivity contribution in [3.63, 3.8) is 0 Å². The van der Waals surface area contributed by atoms with Crippen LogP contribution in [0.1, 0.15) is 11.3 Å². The van der Waals surface area contributed by atoms with Crippen molar-refractivity contribution >= 4 is 21.9 Å². The van der Waals surface area contributed by atoms with Crippen molar-refractivity contribution in [3.8, 4) is 0 Å². The Morgan fingerprint density at radius 2 is 1.88 bits per heavy atom. The number of aryl methyl sites for hydroxylation is 2. The second kappa shape index (κ2) is 3.42. The molecule has 0 aliphatic heterocycles. The number of hydrogen-bond donors (Lipinski definition) is 0. The van der Waals surface area contributed by atoms with Gasteiger partial charge in [0.1, 0.15) is 0 Å². The van der Waals surface area contributed by atoms with Crippen LogP contribution >= 0.6 is 0 Å². The summed E-state index contributed by atoms with van der Waals surface area (Å²) >= 11 is 0. The van der Waals surface area contributed by atoms with E-state index in [0.717, 1.165) is 22.0 Å². The Morgan fingerprint density at radius 3 is 2.71 bits per heavy atom. The summed E-state index contributed by atoms with van der Waals surface area (Å²) in [4.78, 5) is 16.2. The van der Waals surface area contributed by atoms with E-state index in [9.17, 15) is 4.79 Å². The summed E-state index contributed by atoms with van der Waals surface area (Å²) in [5.74, 6) is 0. The van der Waals surface area contributed by atoms with Crippen LogP contribution in [0.4, 0.5) is 0 Å². The van der Waals surface area contributed by atoms with Crippen LogP contribution in [0.5, 0.6) is 0 Å². The lowest BCUT2D eigenvalue weighted by Gasteiger charge is -2.04. The van der Waals surface area contributed by atoms with Crippen molar-refractivity contribution in [1.29, 1.82) is 0 Å². The highest BCUT2D eigenvalue weighted by Gasteiger charge is 2.09. The molecule has 3 rings (SSSR count). The Bertz CT molecular complexity index is 787. The predicted molar refractivity (Wildman–Crippen MR) is 67.3 cm³/mol. The summed E-state index contributed by atoms with van der Waals surface area (Å²) in [6.07, 6.45) is 0. The van der Waals surface area contributed by atoms with E-state index < -0.39 is 0 Å². The number of nitrogens with zero attached hydrogens (tertiary/aromatic N) is 1. The fourth-order valence-electron chi connectivity index (χ4n) is 2.12. The van der Waals surface area contributed by atoms with E-state index in [1.165, 1.54) is 0 Å². The molecule has 0 aliphatic rings. The Morgan fingerprint density at radius 1 is 1.06 bits per heavy atom. The Hall–Kier alpha value is -2.16. The topological polar surface area (TPSA) is 43.1 Å². The zero-order chi connectivity index (χ0) is 12.0. The van der Waals surface area contributed by atoms with Gasteiger partial charge in [-0.05, 0) is 31.5 Å². The van der Waals surface area contributed by atoms with Crippen LogP contribution in [-0.2, 0) is 0 Å². The highest BCUT2D eigenvalue weighted by atomic mass is 16.4. The van der Waals surface area contributed by atoms with Crippen LogP contribution < -0.4 is 5.63 Å². The lowest BCUT2D eigenvalue weighted by atomic mass is 10.1. The molecule has 0 N–H and O–H groups in total. The maximum absolute atomic E-state index is 11.9. The third-order valence-electron chi connectivity index (χ3n) is 2.96. The molecule has 3 nitrogen and oxygen atoms in total. The number of fused-ring (bicyclic) bond motifs is 3. The molecule has 0 atom stereocenters. The first-order valence-corrected chi connectivity index (χ1v) is 5.46. The minimum Gasteiger partial charge on any atom is -0.403 e. The molecule has 0 amide bonds. The average Bonchev–Trinajstić information content (AvgIpc) is 2.28. The summed E-state index contributed by atoms with van der Waals surface area (Å²) in [6.45, 7) is 3.78. The van der Waals surface area contributed by atoms with Crippen LogP contribution in [0.3, 0.4) is 0 Å². The molecule has 0 bridgehead atoms. The molecule has 84 valence electrons. The number of benzene rings is 1. The standard InChI is InChI=1S/C14H11NO2/c1-8-4-3-5-10-11-7-6-9(2)15-13(11)17-14(16)12(8)10/h3-7H,1-2H3. The molecule has 3 heteroatoms. The van der Waals surface area contributed by atoms with E-state index in [2.05, 4.69) is 4.98 Å². The van der Waals surface area contributed by atoms with Crippen molar-refractivity contribution in [1.82, 2.24) is 4.98 Å². The highest BCUT2D eigenvalue weighted by molar-refractivity contribution is 6.04. The molecule has 0 unspecified atom stereocenters. The van der Waals surface area contributed by atoms with Crippen LogP contribution in [-0.4, -0.2) is 4.98 Å². The van der Waals surface area contributed by atoms with Crippen LogP contribution in [0.2, 0.25) is 0 Å². The fraction of sp³-hybridized carbons (Fsp3) is 0.143. The Balaban J connectivity index is 2.65. The SMILES string of the molecule is Cc1ccc2c(n1)oc(=O)c1c(C)cccc12. The summed E-state index contributed by atoms with van der Waals surface area (Å²) < 4.78 is 5.27. The molecule has 0 radical (unpaired) electrons. The van der Waals surface area contributed by atoms with Gasteiger partial charge in [0, 0.05) is 16.5 Å². The van der Waals surface area contributed by atoms with Gasteiger partial charge in [-0.3, -0.25) is 0 Å². The quantitative estimate of drug-likeness (QED) is 0.552. The Labute approximate surface area is 97.7 Å². The summed E-state index contributed by atoms with van der Waals surface area (Å²) in [6, 6.07) is 9.65. The van der Waals surface area contributed by atoms with Gasteiger partial charge in [0.2, 0.25) is 5.71 Å². The maximum atomic E-state index is 11.9. The normalized spacial score (nSPS) is 11.2. The van der Waals surface area contributed by atoms with Gasteiger partial charge in [-0.25, -0.2) is 9.78 Å². The second-order valence-corrected chi connectivity index (χ2v) is 4.19. The van der Waals surface area contributed by atoms with Gasteiger partial charge in [-0.2, -0.15) is 0 Å². The monoisotopic (exact) mass is 225 g/mol. The van der Waals surface area contributed by atoms with Gasteiger partial charge < -0.3 is 4.42 Å². The summed E-state index contributed by atoms with van der Waals surface area (Å²) in [5.41, 5.74) is 1.86. The van der Waals surface area contributed by atoms with Gasteiger partial charge in [-0.1, -0.05) is 18.2 Å². The van der Waals surface area contributed by atoms with Crippen LogP contribution in [0.25, 0.3) is 21.9 Å². The van der Waals surface area contributed by atoms with Gasteiger partial charge in [0.25, 0.3) is 0 Å². The van der Waals surface area contributed by atoms with Gasteiger partial charge >= 0.3 is 5.63 Å². The molecule has 2 aromatic heterocycles. The first-order valence-electron chi connectivity index (χ1n) is 5.46. The third kappa shape index (κ3) is 1.43. The van der Waals surface area contributed by atoms with Crippen molar-refractivity contribution in [2.75, 3.05) is 0 Å². The third-order valence-corrected chi connectivity index (χ3v) is 2.96. The fourth-order valence-corrected chi connectivity index (χ4v) is 2.12. The van der Waals surface area contributed by atoms with Crippen molar-refractivity contribution < 1.29 is 4.42 Å². The number of rotatable bonds is 0. The molecule has 0 aliphatic carbocycles. The lowest BCUT2D eigenvalue weighted by molar-refractivity contribution is 0.557. The van der Waals surface area contributed by atoms with Crippen molar-refractivity contribution in [2.45, 2.75) is 13.8 Å². The minimum atomic E-state index is -0.316. The first kappa shape index (κ1) is 10.0. The molecule has 0 spiro atoms. The summed E-state index contributed by atoms with van der Waals surface area (Å²) in [5, 5.41) is 2.43. The van der Waals surface area contributed by atoms with E-state index >= 15 is 0 Å². The molecular formula is C14H11NO2. The molecule has 0 fully saturated rings. The number of pyridine rings is 1. The highest BCUT2D eigenvalue weighted by Crippen LogP contribution is 2.23. The first-order chi connectivity index (χ1) is 8.16. The van der Waals surface area contributed by atoms with Gasteiger partial charge in [-0.15, -0.1) is 0 Å². The van der Waals surface area contributed by atoms with Gasteiger partial charge in [0.15, 0.2) is 0 Å². The van der Waals surface area contributed by atoms with Crippen LogP contribution in [0, 0.1) is 13.8 Å². The Kier molecular flexibility index (Phi) is 2.01. The molecule has 0 saturated heterocycles. The maximum Gasteiger partial charge on any atom is 0.345 e. The number of hydrogen-bond acceptors (Lipinski definition) is 3. The zero-order valence-corrected chi connectivity index (χ0v) is 9.65. The van der Waals surface area contributed by atoms with E-state index in [4.69, 9.17) is 4.42 Å². The molecule has 2 heterocycles. The smallest absolute Gasteiger partial charge is 0.345 e. The van der Waals surface area contributed by atoms with E-state index in [1.807, 2.05) is 44.2 Å². The van der Waals surface area contributed by atoms with Crippen LogP contribution in [0.15, 0.2) is 39.5 Å². The van der Waals surface area contributed by atoms with E-state index in [1.54, 1.807) is 0 Å². The van der Waals surface area contributed by atoms with E-state index in [0.29, 0.717) is 11.1 Å². The molecule has 0 saturated carbocycles. The molecule has 17 heavy (non-hydrogen) atoms. The molecular weight excluding hydrogens is 214 g/mol. The van der Waals surface area contributed by atoms with Crippen molar-refractivity contribution in [2.24, 2.45) is 0 Å². The minimum absolute atomic E-state index is 0.316. The lowest BCUT2D eigenvalue weighted by Crippen LogP contribution is -2.02. The zero-order valence-electron chi connectivity index (χ0n) is 9.65.